The van der Waals surface area contributed by atoms with E-state index < -0.39 is 5.97 Å². The molecule has 0 heterocycles. The molecule has 2 N–H and O–H groups in total. The molecule has 0 amide bonds. The highest BCUT2D eigenvalue weighted by Crippen LogP contribution is 2.28. The van der Waals surface area contributed by atoms with E-state index in [1.165, 1.54) is 19.3 Å². The summed E-state index contributed by atoms with van der Waals surface area (Å²) in [6.45, 7) is 5.46. The molecule has 1 aromatic carbocycles. The van der Waals surface area contributed by atoms with E-state index in [9.17, 15) is 4.79 Å². The Morgan fingerprint density at radius 2 is 1.95 bits per heavy atom. The summed E-state index contributed by atoms with van der Waals surface area (Å²) in [5.41, 5.74) is 1.50. The Morgan fingerprint density at radius 1 is 1.26 bits per heavy atom. The highest BCUT2D eigenvalue weighted by molar-refractivity contribution is 5.87. The van der Waals surface area contributed by atoms with E-state index in [1.54, 1.807) is 12.1 Å². The molecule has 2 rings (SSSR count). The Bertz CT molecular complexity index is 427. The van der Waals surface area contributed by atoms with E-state index in [4.69, 9.17) is 5.11 Å². The molecule has 3 atom stereocenters. The number of benzene rings is 1. The number of carbonyl (C=O) groups is 1. The number of aromatic carboxylic acids is 1. The summed E-state index contributed by atoms with van der Waals surface area (Å²) in [4.78, 5) is 10.8. The number of rotatable bonds is 4. The third-order valence-corrected chi connectivity index (χ3v) is 4.23. The van der Waals surface area contributed by atoms with Crippen molar-refractivity contribution in [3.63, 3.8) is 0 Å². The fraction of sp³-hybridized carbons (Fsp3) is 0.562. The number of hydrogen-bond acceptors (Lipinski definition) is 2. The molecule has 0 spiro atoms. The standard InChI is InChI=1S/C16H23NO2/c1-11-3-4-12(2)15(9-11)17-10-13-5-7-14(8-6-13)16(18)19/h5-8,11-12,15,17H,3-4,9-10H2,1-2H3,(H,18,19). The lowest BCUT2D eigenvalue weighted by atomic mass is 9.80. The average Bonchev–Trinajstić information content (AvgIpc) is 2.40. The van der Waals surface area contributed by atoms with Gasteiger partial charge in [-0.05, 0) is 42.4 Å². The first-order valence-electron chi connectivity index (χ1n) is 7.12. The lowest BCUT2D eigenvalue weighted by Gasteiger charge is -2.33. The third kappa shape index (κ3) is 3.80. The predicted octanol–water partition coefficient (Wildman–Crippen LogP) is 3.30. The molecule has 0 aliphatic heterocycles. The number of carboxylic acids is 1. The van der Waals surface area contributed by atoms with Crippen LogP contribution in [0.2, 0.25) is 0 Å². The zero-order valence-electron chi connectivity index (χ0n) is 11.7. The second-order valence-corrected chi connectivity index (χ2v) is 5.88. The van der Waals surface area contributed by atoms with Crippen LogP contribution >= 0.6 is 0 Å². The second kappa shape index (κ2) is 6.20. The summed E-state index contributed by atoms with van der Waals surface area (Å²) < 4.78 is 0. The van der Waals surface area contributed by atoms with Crippen molar-refractivity contribution >= 4 is 5.97 Å². The summed E-state index contributed by atoms with van der Waals surface area (Å²) in [6, 6.07) is 7.72. The molecule has 3 heteroatoms. The van der Waals surface area contributed by atoms with Gasteiger partial charge in [0.05, 0.1) is 5.56 Å². The van der Waals surface area contributed by atoms with Crippen molar-refractivity contribution in [2.24, 2.45) is 11.8 Å². The largest absolute Gasteiger partial charge is 0.478 e. The predicted molar refractivity (Wildman–Crippen MR) is 76.2 cm³/mol. The highest BCUT2D eigenvalue weighted by atomic mass is 16.4. The van der Waals surface area contributed by atoms with E-state index in [-0.39, 0.29) is 0 Å². The zero-order chi connectivity index (χ0) is 13.8. The van der Waals surface area contributed by atoms with Crippen LogP contribution in [0, 0.1) is 11.8 Å². The molecule has 3 nitrogen and oxygen atoms in total. The van der Waals surface area contributed by atoms with Crippen LogP contribution in [0.3, 0.4) is 0 Å². The lowest BCUT2D eigenvalue weighted by molar-refractivity contribution is 0.0697. The van der Waals surface area contributed by atoms with Crippen LogP contribution < -0.4 is 5.32 Å². The van der Waals surface area contributed by atoms with Crippen molar-refractivity contribution in [3.05, 3.63) is 35.4 Å². The highest BCUT2D eigenvalue weighted by Gasteiger charge is 2.24. The summed E-state index contributed by atoms with van der Waals surface area (Å²) in [5.74, 6) is 0.673. The normalized spacial score (nSPS) is 27.2. The Morgan fingerprint density at radius 3 is 2.58 bits per heavy atom. The number of hydrogen-bond donors (Lipinski definition) is 2. The fourth-order valence-electron chi connectivity index (χ4n) is 2.83. The minimum Gasteiger partial charge on any atom is -0.478 e. The maximum atomic E-state index is 10.8. The van der Waals surface area contributed by atoms with Crippen molar-refractivity contribution in [3.8, 4) is 0 Å². The monoisotopic (exact) mass is 261 g/mol. The quantitative estimate of drug-likeness (QED) is 0.874. The molecule has 0 saturated heterocycles. The molecule has 1 saturated carbocycles. The van der Waals surface area contributed by atoms with Gasteiger partial charge in [-0.15, -0.1) is 0 Å². The van der Waals surface area contributed by atoms with Gasteiger partial charge in [-0.25, -0.2) is 4.79 Å². The SMILES string of the molecule is CC1CCC(C)C(NCc2ccc(C(=O)O)cc2)C1. The fourth-order valence-corrected chi connectivity index (χ4v) is 2.83. The molecule has 1 fully saturated rings. The van der Waals surface area contributed by atoms with Crippen molar-refractivity contribution in [2.75, 3.05) is 0 Å². The molecule has 0 radical (unpaired) electrons. The maximum Gasteiger partial charge on any atom is 0.335 e. The van der Waals surface area contributed by atoms with E-state index in [2.05, 4.69) is 19.2 Å². The molecule has 19 heavy (non-hydrogen) atoms. The molecule has 1 aromatic rings. The first-order chi connectivity index (χ1) is 9.06. The van der Waals surface area contributed by atoms with Crippen LogP contribution in [0.5, 0.6) is 0 Å². The Kier molecular flexibility index (Phi) is 4.59. The topological polar surface area (TPSA) is 49.3 Å². The Labute approximate surface area is 115 Å². The summed E-state index contributed by atoms with van der Waals surface area (Å²) in [7, 11) is 0. The van der Waals surface area contributed by atoms with Gasteiger partial charge in [0.1, 0.15) is 0 Å². The van der Waals surface area contributed by atoms with Crippen LogP contribution in [-0.2, 0) is 6.54 Å². The second-order valence-electron chi connectivity index (χ2n) is 5.88. The van der Waals surface area contributed by atoms with Gasteiger partial charge in [-0.1, -0.05) is 32.4 Å². The minimum absolute atomic E-state index is 0.350. The van der Waals surface area contributed by atoms with Gasteiger partial charge in [-0.3, -0.25) is 0 Å². The van der Waals surface area contributed by atoms with Crippen LogP contribution in [0.25, 0.3) is 0 Å². The van der Waals surface area contributed by atoms with Gasteiger partial charge in [0.15, 0.2) is 0 Å². The molecule has 104 valence electrons. The molecular formula is C16H23NO2. The smallest absolute Gasteiger partial charge is 0.335 e. The molecule has 1 aliphatic carbocycles. The number of carboxylic acid groups (broad SMARTS) is 1. The van der Waals surface area contributed by atoms with Crippen LogP contribution in [0.15, 0.2) is 24.3 Å². The minimum atomic E-state index is -0.866. The van der Waals surface area contributed by atoms with E-state index >= 15 is 0 Å². The average molecular weight is 261 g/mol. The van der Waals surface area contributed by atoms with Crippen molar-refractivity contribution in [2.45, 2.75) is 45.7 Å². The van der Waals surface area contributed by atoms with Gasteiger partial charge in [0, 0.05) is 12.6 Å². The zero-order valence-corrected chi connectivity index (χ0v) is 11.7. The Balaban J connectivity index is 1.89. The van der Waals surface area contributed by atoms with Crippen molar-refractivity contribution in [1.29, 1.82) is 0 Å². The Hall–Kier alpha value is -1.35. The van der Waals surface area contributed by atoms with Gasteiger partial charge in [0.2, 0.25) is 0 Å². The van der Waals surface area contributed by atoms with E-state index in [0.29, 0.717) is 11.6 Å². The first-order valence-corrected chi connectivity index (χ1v) is 7.12. The molecule has 0 bridgehead atoms. The van der Waals surface area contributed by atoms with Crippen molar-refractivity contribution in [1.82, 2.24) is 5.32 Å². The molecule has 0 aromatic heterocycles. The molecule has 3 unspecified atom stereocenters. The summed E-state index contributed by atoms with van der Waals surface area (Å²) in [6.07, 6.45) is 3.89. The maximum absolute atomic E-state index is 10.8. The first kappa shape index (κ1) is 14.1. The van der Waals surface area contributed by atoms with Gasteiger partial charge < -0.3 is 10.4 Å². The molecule has 1 aliphatic rings. The van der Waals surface area contributed by atoms with Gasteiger partial charge in [-0.2, -0.15) is 0 Å². The van der Waals surface area contributed by atoms with Crippen molar-refractivity contribution < 1.29 is 9.90 Å². The van der Waals surface area contributed by atoms with E-state index in [0.717, 1.165) is 23.9 Å². The van der Waals surface area contributed by atoms with E-state index in [1.807, 2.05) is 12.1 Å². The molecular weight excluding hydrogens is 238 g/mol. The lowest BCUT2D eigenvalue weighted by Crippen LogP contribution is -2.39. The third-order valence-electron chi connectivity index (χ3n) is 4.23. The van der Waals surface area contributed by atoms with Gasteiger partial charge >= 0.3 is 5.97 Å². The van der Waals surface area contributed by atoms with Gasteiger partial charge in [0.25, 0.3) is 0 Å². The summed E-state index contributed by atoms with van der Waals surface area (Å²) >= 11 is 0. The van der Waals surface area contributed by atoms with Crippen LogP contribution in [-0.4, -0.2) is 17.1 Å². The summed E-state index contributed by atoms with van der Waals surface area (Å²) in [5, 5.41) is 12.5. The van der Waals surface area contributed by atoms with Crippen LogP contribution in [0.4, 0.5) is 0 Å². The number of nitrogens with one attached hydrogen (secondary N) is 1. The van der Waals surface area contributed by atoms with Crippen LogP contribution in [0.1, 0.15) is 49.0 Å².